The molecule has 0 amide bonds. The Bertz CT molecular complexity index is 590. The molecule has 4 heteroatoms. The van der Waals surface area contributed by atoms with E-state index in [1.807, 2.05) is 24.3 Å². The number of hydrogen-bond donors (Lipinski definition) is 1. The third kappa shape index (κ3) is 2.42. The fraction of sp³-hybridized carbons (Fsp3) is 0.0769. The molecule has 1 N–H and O–H groups in total. The van der Waals surface area contributed by atoms with Crippen molar-refractivity contribution >= 4 is 22.9 Å². The van der Waals surface area contributed by atoms with Gasteiger partial charge in [0, 0.05) is 11.5 Å². The van der Waals surface area contributed by atoms with Gasteiger partial charge in [0.25, 0.3) is 0 Å². The lowest BCUT2D eigenvalue weighted by Crippen LogP contribution is -1.89. The van der Waals surface area contributed by atoms with E-state index in [1.165, 1.54) is 0 Å². The summed E-state index contributed by atoms with van der Waals surface area (Å²) in [5, 5.41) is 9.49. The van der Waals surface area contributed by atoms with Crippen molar-refractivity contribution in [2.24, 2.45) is 0 Å². The van der Waals surface area contributed by atoms with Crippen LogP contribution in [0, 0.1) is 0 Å². The minimum absolute atomic E-state index is 0.647. The smallest absolute Gasteiger partial charge is 0.328 e. The molecule has 86 valence electrons. The van der Waals surface area contributed by atoms with Crippen LogP contribution in [0.15, 0.2) is 36.5 Å². The van der Waals surface area contributed by atoms with Crippen LogP contribution in [0.2, 0.25) is 0 Å². The van der Waals surface area contributed by atoms with Gasteiger partial charge in [-0.1, -0.05) is 12.1 Å². The van der Waals surface area contributed by atoms with E-state index in [1.54, 1.807) is 19.4 Å². The molecule has 0 aliphatic heterocycles. The molecule has 2 rings (SSSR count). The average Bonchev–Trinajstić information content (AvgIpc) is 2.35. The van der Waals surface area contributed by atoms with Crippen molar-refractivity contribution in [2.75, 3.05) is 7.11 Å². The molecular weight excluding hydrogens is 218 g/mol. The number of carboxylic acid groups (broad SMARTS) is 1. The second kappa shape index (κ2) is 4.65. The van der Waals surface area contributed by atoms with Crippen molar-refractivity contribution < 1.29 is 14.6 Å². The summed E-state index contributed by atoms with van der Waals surface area (Å²) in [7, 11) is 1.57. The molecule has 0 radical (unpaired) electrons. The Morgan fingerprint density at radius 3 is 3.00 bits per heavy atom. The number of carboxylic acids is 1. The van der Waals surface area contributed by atoms with E-state index in [9.17, 15) is 4.79 Å². The van der Waals surface area contributed by atoms with Crippen molar-refractivity contribution in [1.29, 1.82) is 0 Å². The molecule has 1 aromatic carbocycles. The maximum Gasteiger partial charge on any atom is 0.328 e. The summed E-state index contributed by atoms with van der Waals surface area (Å²) < 4.78 is 5.10. The molecule has 0 atom stereocenters. The highest BCUT2D eigenvalue weighted by Gasteiger charge is 2.01. The van der Waals surface area contributed by atoms with Crippen LogP contribution in [0.25, 0.3) is 17.0 Å². The largest absolute Gasteiger partial charge is 0.495 e. The summed E-state index contributed by atoms with van der Waals surface area (Å²) >= 11 is 0. The highest BCUT2D eigenvalue weighted by Crippen LogP contribution is 2.22. The van der Waals surface area contributed by atoms with Gasteiger partial charge < -0.3 is 9.84 Å². The standard InChI is InChI=1S/C13H11NO3/c1-17-10-7-11-9(5-6-13(15)16)3-2-4-12(11)14-8-10/h2-8H,1H3,(H,15,16)/b6-5+. The molecule has 0 saturated heterocycles. The molecule has 0 aliphatic carbocycles. The molecule has 17 heavy (non-hydrogen) atoms. The Labute approximate surface area is 98.2 Å². The zero-order valence-corrected chi connectivity index (χ0v) is 9.25. The zero-order chi connectivity index (χ0) is 12.3. The summed E-state index contributed by atoms with van der Waals surface area (Å²) in [5.41, 5.74) is 1.61. The van der Waals surface area contributed by atoms with Gasteiger partial charge in [0.05, 0.1) is 18.8 Å². The molecule has 4 nitrogen and oxygen atoms in total. The van der Waals surface area contributed by atoms with Crippen LogP contribution in [0.4, 0.5) is 0 Å². The third-order valence-electron chi connectivity index (χ3n) is 2.38. The topological polar surface area (TPSA) is 59.4 Å². The van der Waals surface area contributed by atoms with Crippen molar-refractivity contribution in [1.82, 2.24) is 4.98 Å². The van der Waals surface area contributed by atoms with Crippen LogP contribution < -0.4 is 4.74 Å². The van der Waals surface area contributed by atoms with Crippen molar-refractivity contribution in [2.45, 2.75) is 0 Å². The molecule has 0 saturated carbocycles. The monoisotopic (exact) mass is 229 g/mol. The van der Waals surface area contributed by atoms with Gasteiger partial charge in [-0.05, 0) is 23.8 Å². The Kier molecular flexibility index (Phi) is 3.05. The molecule has 0 unspecified atom stereocenters. The molecule has 0 fully saturated rings. The Morgan fingerprint density at radius 2 is 2.29 bits per heavy atom. The van der Waals surface area contributed by atoms with Crippen molar-refractivity contribution in [3.05, 3.63) is 42.1 Å². The third-order valence-corrected chi connectivity index (χ3v) is 2.38. The van der Waals surface area contributed by atoms with Crippen molar-refractivity contribution in [3.63, 3.8) is 0 Å². The highest BCUT2D eigenvalue weighted by atomic mass is 16.5. The van der Waals surface area contributed by atoms with Gasteiger partial charge in [0.1, 0.15) is 5.75 Å². The maximum atomic E-state index is 10.5. The number of carbonyl (C=O) groups is 1. The quantitative estimate of drug-likeness (QED) is 0.820. The number of aliphatic carboxylic acids is 1. The SMILES string of the molecule is COc1cnc2cccc(/C=C/C(=O)O)c2c1. The molecule has 0 bridgehead atoms. The lowest BCUT2D eigenvalue weighted by atomic mass is 10.1. The van der Waals surface area contributed by atoms with Gasteiger partial charge in [0.15, 0.2) is 0 Å². The first-order chi connectivity index (χ1) is 8.20. The number of rotatable bonds is 3. The first-order valence-corrected chi connectivity index (χ1v) is 5.04. The number of nitrogens with zero attached hydrogens (tertiary/aromatic N) is 1. The lowest BCUT2D eigenvalue weighted by Gasteiger charge is -2.04. The van der Waals surface area contributed by atoms with E-state index >= 15 is 0 Å². The number of pyridine rings is 1. The number of ether oxygens (including phenoxy) is 1. The summed E-state index contributed by atoms with van der Waals surface area (Å²) in [6.45, 7) is 0. The molecule has 0 spiro atoms. The number of fused-ring (bicyclic) bond motifs is 1. The van der Waals surface area contributed by atoms with E-state index in [0.29, 0.717) is 5.75 Å². The van der Waals surface area contributed by atoms with Gasteiger partial charge in [0.2, 0.25) is 0 Å². The molecule has 1 heterocycles. The van der Waals surface area contributed by atoms with E-state index in [2.05, 4.69) is 4.98 Å². The Hall–Kier alpha value is -2.36. The molecule has 2 aromatic rings. The minimum atomic E-state index is -0.974. The highest BCUT2D eigenvalue weighted by molar-refractivity contribution is 5.93. The van der Waals surface area contributed by atoms with Crippen LogP contribution in [-0.4, -0.2) is 23.2 Å². The van der Waals surface area contributed by atoms with Crippen LogP contribution in [0.5, 0.6) is 5.75 Å². The van der Waals surface area contributed by atoms with E-state index in [-0.39, 0.29) is 0 Å². The number of aromatic nitrogens is 1. The summed E-state index contributed by atoms with van der Waals surface area (Å²) in [6.07, 6.45) is 4.28. The summed E-state index contributed by atoms with van der Waals surface area (Å²) in [6, 6.07) is 7.38. The first-order valence-electron chi connectivity index (χ1n) is 5.04. The predicted octanol–water partition coefficient (Wildman–Crippen LogP) is 2.34. The molecule has 0 aliphatic rings. The van der Waals surface area contributed by atoms with E-state index in [0.717, 1.165) is 22.5 Å². The second-order valence-corrected chi connectivity index (χ2v) is 3.46. The van der Waals surface area contributed by atoms with E-state index < -0.39 is 5.97 Å². The first kappa shape index (κ1) is 11.1. The van der Waals surface area contributed by atoms with Crippen LogP contribution in [0.3, 0.4) is 0 Å². The lowest BCUT2D eigenvalue weighted by molar-refractivity contribution is -0.131. The number of hydrogen-bond acceptors (Lipinski definition) is 3. The zero-order valence-electron chi connectivity index (χ0n) is 9.25. The fourth-order valence-electron chi connectivity index (χ4n) is 1.57. The summed E-state index contributed by atoms with van der Waals surface area (Å²) in [4.78, 5) is 14.7. The van der Waals surface area contributed by atoms with E-state index in [4.69, 9.17) is 9.84 Å². The fourth-order valence-corrected chi connectivity index (χ4v) is 1.57. The minimum Gasteiger partial charge on any atom is -0.495 e. The van der Waals surface area contributed by atoms with Gasteiger partial charge in [-0.15, -0.1) is 0 Å². The van der Waals surface area contributed by atoms with Crippen LogP contribution >= 0.6 is 0 Å². The van der Waals surface area contributed by atoms with Gasteiger partial charge >= 0.3 is 5.97 Å². The average molecular weight is 229 g/mol. The normalized spacial score (nSPS) is 10.9. The summed E-state index contributed by atoms with van der Waals surface area (Å²) in [5.74, 6) is -0.327. The van der Waals surface area contributed by atoms with Crippen LogP contribution in [-0.2, 0) is 4.79 Å². The van der Waals surface area contributed by atoms with Crippen molar-refractivity contribution in [3.8, 4) is 5.75 Å². The maximum absolute atomic E-state index is 10.5. The van der Waals surface area contributed by atoms with Gasteiger partial charge in [-0.3, -0.25) is 4.98 Å². The van der Waals surface area contributed by atoms with Gasteiger partial charge in [-0.2, -0.15) is 0 Å². The molecular formula is C13H11NO3. The van der Waals surface area contributed by atoms with Crippen LogP contribution in [0.1, 0.15) is 5.56 Å². The second-order valence-electron chi connectivity index (χ2n) is 3.46. The van der Waals surface area contributed by atoms with Gasteiger partial charge in [-0.25, -0.2) is 4.79 Å². The predicted molar refractivity (Wildman–Crippen MR) is 65.0 cm³/mol. The molecule has 1 aromatic heterocycles. The Morgan fingerprint density at radius 1 is 1.47 bits per heavy atom. The number of benzene rings is 1. The number of methoxy groups -OCH3 is 1. The Balaban J connectivity index is 2.58.